The van der Waals surface area contributed by atoms with Crippen LogP contribution in [0, 0.1) is 5.92 Å². The van der Waals surface area contributed by atoms with E-state index in [0.29, 0.717) is 38.8 Å². The number of carboxylic acids is 1. The van der Waals surface area contributed by atoms with Gasteiger partial charge in [-0.1, -0.05) is 13.8 Å². The molecule has 0 spiro atoms. The number of rotatable bonds is 6. The summed E-state index contributed by atoms with van der Waals surface area (Å²) >= 11 is 0. The van der Waals surface area contributed by atoms with Gasteiger partial charge >= 0.3 is 5.97 Å². The lowest BCUT2D eigenvalue weighted by molar-refractivity contribution is -0.142. The molecule has 0 amide bonds. The number of carboxylic acid groups (broad SMARTS) is 1. The maximum absolute atomic E-state index is 12.0. The summed E-state index contributed by atoms with van der Waals surface area (Å²) in [7, 11) is -3.42. The summed E-state index contributed by atoms with van der Waals surface area (Å²) in [6, 6.07) is -0.133. The quantitative estimate of drug-likeness (QED) is 0.752. The first kappa shape index (κ1) is 15.4. The van der Waals surface area contributed by atoms with Gasteiger partial charge in [0.1, 0.15) is 0 Å². The average molecular weight is 278 g/mol. The van der Waals surface area contributed by atoms with Crippen LogP contribution in [0.25, 0.3) is 0 Å². The molecule has 106 valence electrons. The normalized spacial score (nSPS) is 25.3. The largest absolute Gasteiger partial charge is 0.481 e. The van der Waals surface area contributed by atoms with Crippen molar-refractivity contribution in [2.75, 3.05) is 13.1 Å². The van der Waals surface area contributed by atoms with E-state index in [9.17, 15) is 13.2 Å². The summed E-state index contributed by atoms with van der Waals surface area (Å²) < 4.78 is 28.0. The third kappa shape index (κ3) is 3.93. The molecule has 0 aromatic rings. The highest BCUT2D eigenvalue weighted by molar-refractivity contribution is 7.87. The predicted octanol–water partition coefficient (Wildman–Crippen LogP) is 0.806. The Labute approximate surface area is 109 Å². The van der Waals surface area contributed by atoms with Gasteiger partial charge < -0.3 is 5.11 Å². The number of nitrogens with one attached hydrogen (secondary N) is 1. The van der Waals surface area contributed by atoms with Gasteiger partial charge in [-0.2, -0.15) is 17.4 Å². The van der Waals surface area contributed by atoms with Crippen LogP contribution in [0.2, 0.25) is 0 Å². The van der Waals surface area contributed by atoms with Crippen LogP contribution in [-0.2, 0) is 15.0 Å². The van der Waals surface area contributed by atoms with Crippen LogP contribution in [0.15, 0.2) is 0 Å². The van der Waals surface area contributed by atoms with Gasteiger partial charge in [0.2, 0.25) is 0 Å². The molecule has 6 nitrogen and oxygen atoms in total. The summed E-state index contributed by atoms with van der Waals surface area (Å²) in [5, 5.41) is 8.87. The molecule has 2 N–H and O–H groups in total. The molecule has 0 heterocycles. The van der Waals surface area contributed by atoms with Crippen LogP contribution in [0.3, 0.4) is 0 Å². The zero-order chi connectivity index (χ0) is 13.8. The Morgan fingerprint density at radius 1 is 1.22 bits per heavy atom. The maximum atomic E-state index is 12.0. The van der Waals surface area contributed by atoms with Crippen molar-refractivity contribution in [2.45, 2.75) is 45.6 Å². The molecule has 0 radical (unpaired) electrons. The lowest BCUT2D eigenvalue weighted by atomic mass is 9.87. The van der Waals surface area contributed by atoms with Gasteiger partial charge in [-0.15, -0.1) is 0 Å². The van der Waals surface area contributed by atoms with E-state index in [4.69, 9.17) is 5.11 Å². The molecule has 7 heteroatoms. The first-order chi connectivity index (χ1) is 8.40. The average Bonchev–Trinajstić information content (AvgIpc) is 2.30. The van der Waals surface area contributed by atoms with E-state index in [1.807, 2.05) is 0 Å². The summed E-state index contributed by atoms with van der Waals surface area (Å²) in [6.45, 7) is 4.47. The molecule has 1 fully saturated rings. The van der Waals surface area contributed by atoms with Crippen molar-refractivity contribution in [3.05, 3.63) is 0 Å². The number of aliphatic carboxylic acids is 1. The summed E-state index contributed by atoms with van der Waals surface area (Å²) in [6.07, 6.45) is 2.27. The van der Waals surface area contributed by atoms with Crippen molar-refractivity contribution in [3.8, 4) is 0 Å². The predicted molar refractivity (Wildman–Crippen MR) is 68.4 cm³/mol. The molecule has 0 bridgehead atoms. The van der Waals surface area contributed by atoms with Gasteiger partial charge in [0.15, 0.2) is 0 Å². The monoisotopic (exact) mass is 278 g/mol. The Kier molecular flexibility index (Phi) is 5.55. The minimum atomic E-state index is -3.42. The molecule has 0 aromatic carbocycles. The Hall–Kier alpha value is -0.660. The highest BCUT2D eigenvalue weighted by atomic mass is 32.2. The molecule has 0 aromatic heterocycles. The van der Waals surface area contributed by atoms with E-state index in [0.717, 1.165) is 0 Å². The van der Waals surface area contributed by atoms with Crippen LogP contribution in [0.1, 0.15) is 39.5 Å². The molecular formula is C11H22N2O4S. The molecule has 0 atom stereocenters. The van der Waals surface area contributed by atoms with Crippen molar-refractivity contribution in [1.82, 2.24) is 9.03 Å². The molecule has 0 unspecified atom stereocenters. The highest BCUT2D eigenvalue weighted by Gasteiger charge is 2.29. The zero-order valence-corrected chi connectivity index (χ0v) is 11.7. The van der Waals surface area contributed by atoms with Gasteiger partial charge in [-0.25, -0.2) is 0 Å². The molecule has 1 aliphatic rings. The topological polar surface area (TPSA) is 86.7 Å². The van der Waals surface area contributed by atoms with E-state index in [1.165, 1.54) is 4.31 Å². The molecule has 0 aliphatic heterocycles. The number of hydrogen-bond acceptors (Lipinski definition) is 3. The van der Waals surface area contributed by atoms with E-state index in [-0.39, 0.29) is 12.0 Å². The molecule has 1 rings (SSSR count). The number of carbonyl (C=O) groups is 1. The van der Waals surface area contributed by atoms with E-state index >= 15 is 0 Å². The van der Waals surface area contributed by atoms with Crippen molar-refractivity contribution >= 4 is 16.2 Å². The third-order valence-electron chi connectivity index (χ3n) is 3.44. The number of hydrogen-bond donors (Lipinski definition) is 2. The summed E-state index contributed by atoms with van der Waals surface area (Å²) in [5.41, 5.74) is 0. The van der Waals surface area contributed by atoms with Gasteiger partial charge in [0, 0.05) is 19.1 Å². The van der Waals surface area contributed by atoms with Gasteiger partial charge in [0.05, 0.1) is 5.92 Å². The lowest BCUT2D eigenvalue weighted by Crippen LogP contribution is -2.46. The Bertz CT molecular complexity index is 371. The fraction of sp³-hybridized carbons (Fsp3) is 0.909. The van der Waals surface area contributed by atoms with Crippen LogP contribution in [-0.4, -0.2) is 42.9 Å². The zero-order valence-electron chi connectivity index (χ0n) is 10.9. The van der Waals surface area contributed by atoms with Gasteiger partial charge in [0.25, 0.3) is 10.2 Å². The second kappa shape index (κ2) is 6.49. The minimum Gasteiger partial charge on any atom is -0.481 e. The molecule has 0 saturated heterocycles. The van der Waals surface area contributed by atoms with Crippen LogP contribution >= 0.6 is 0 Å². The van der Waals surface area contributed by atoms with E-state index in [1.54, 1.807) is 13.8 Å². The van der Waals surface area contributed by atoms with Crippen LogP contribution in [0.5, 0.6) is 0 Å². The first-order valence-corrected chi connectivity index (χ1v) is 7.84. The molecule has 1 aliphatic carbocycles. The minimum absolute atomic E-state index is 0.133. The van der Waals surface area contributed by atoms with Crippen molar-refractivity contribution in [3.63, 3.8) is 0 Å². The van der Waals surface area contributed by atoms with Crippen LogP contribution in [0.4, 0.5) is 0 Å². The summed E-state index contributed by atoms with van der Waals surface area (Å²) in [4.78, 5) is 10.8. The Balaban J connectivity index is 2.52. The SMILES string of the molecule is CCN(CC)S(=O)(=O)NC1CCC(C(=O)O)CC1. The van der Waals surface area contributed by atoms with Gasteiger partial charge in [-0.3, -0.25) is 4.79 Å². The maximum Gasteiger partial charge on any atom is 0.306 e. The smallest absolute Gasteiger partial charge is 0.306 e. The van der Waals surface area contributed by atoms with Crippen molar-refractivity contribution in [1.29, 1.82) is 0 Å². The standard InChI is InChI=1S/C11H22N2O4S/c1-3-13(4-2)18(16,17)12-10-7-5-9(6-8-10)11(14)15/h9-10,12H,3-8H2,1-2H3,(H,14,15). The Morgan fingerprint density at radius 2 is 1.72 bits per heavy atom. The van der Waals surface area contributed by atoms with E-state index < -0.39 is 16.2 Å². The second-order valence-electron chi connectivity index (χ2n) is 4.59. The van der Waals surface area contributed by atoms with Gasteiger partial charge in [-0.05, 0) is 25.7 Å². The fourth-order valence-electron chi connectivity index (χ4n) is 2.31. The van der Waals surface area contributed by atoms with Crippen molar-refractivity contribution in [2.24, 2.45) is 5.92 Å². The highest BCUT2D eigenvalue weighted by Crippen LogP contribution is 2.25. The summed E-state index contributed by atoms with van der Waals surface area (Å²) in [5.74, 6) is -1.10. The third-order valence-corrected chi connectivity index (χ3v) is 5.26. The fourth-order valence-corrected chi connectivity index (χ4v) is 3.79. The molecule has 18 heavy (non-hydrogen) atoms. The Morgan fingerprint density at radius 3 is 2.11 bits per heavy atom. The molecular weight excluding hydrogens is 256 g/mol. The van der Waals surface area contributed by atoms with E-state index in [2.05, 4.69) is 4.72 Å². The van der Waals surface area contributed by atoms with Crippen LogP contribution < -0.4 is 4.72 Å². The number of nitrogens with zero attached hydrogens (tertiary/aromatic N) is 1. The second-order valence-corrected chi connectivity index (χ2v) is 6.30. The lowest BCUT2D eigenvalue weighted by Gasteiger charge is -2.29. The van der Waals surface area contributed by atoms with Crippen molar-refractivity contribution < 1.29 is 18.3 Å². The first-order valence-electron chi connectivity index (χ1n) is 6.40. The molecule has 1 saturated carbocycles.